The smallest absolute Gasteiger partial charge is 0.161 e. The van der Waals surface area contributed by atoms with Gasteiger partial charge in [0.05, 0.1) is 12.2 Å². The van der Waals surface area contributed by atoms with E-state index in [0.29, 0.717) is 17.8 Å². The van der Waals surface area contributed by atoms with Crippen LogP contribution in [-0.4, -0.2) is 40.4 Å². The van der Waals surface area contributed by atoms with Crippen LogP contribution in [0.2, 0.25) is 0 Å². The highest BCUT2D eigenvalue weighted by Gasteiger charge is 2.81. The SMILES string of the molecule is C[C@]12CC3O[C@@]34[C@@H](CCC3CCCC(O)[C@@]34C)[C@@H]1CC[C@@H]2C(=O)CO. The summed E-state index contributed by atoms with van der Waals surface area (Å²) < 4.78 is 6.54. The fourth-order valence-electron chi connectivity index (χ4n) is 8.40. The van der Waals surface area contributed by atoms with Gasteiger partial charge in [-0.2, -0.15) is 0 Å². The van der Waals surface area contributed by atoms with E-state index in [0.717, 1.165) is 32.1 Å². The number of aliphatic hydroxyl groups excluding tert-OH is 2. The summed E-state index contributed by atoms with van der Waals surface area (Å²) in [6.45, 7) is 4.26. The van der Waals surface area contributed by atoms with Crippen molar-refractivity contribution in [3.63, 3.8) is 0 Å². The van der Waals surface area contributed by atoms with Gasteiger partial charge in [-0.1, -0.05) is 20.3 Å². The summed E-state index contributed by atoms with van der Waals surface area (Å²) in [6.07, 6.45) is 8.53. The number of hydrogen-bond acceptors (Lipinski definition) is 4. The zero-order valence-electron chi connectivity index (χ0n) is 15.5. The van der Waals surface area contributed by atoms with Crippen molar-refractivity contribution in [2.24, 2.45) is 34.5 Å². The number of hydrogen-bond donors (Lipinski definition) is 2. The Morgan fingerprint density at radius 3 is 2.60 bits per heavy atom. The lowest BCUT2D eigenvalue weighted by Crippen LogP contribution is -2.64. The van der Waals surface area contributed by atoms with E-state index in [1.165, 1.54) is 19.3 Å². The third kappa shape index (κ3) is 1.77. The third-order valence-electron chi connectivity index (χ3n) is 9.61. The van der Waals surface area contributed by atoms with Gasteiger partial charge in [0.25, 0.3) is 0 Å². The van der Waals surface area contributed by atoms with Crippen LogP contribution in [0.25, 0.3) is 0 Å². The fourth-order valence-corrected chi connectivity index (χ4v) is 8.40. The molecular formula is C21H32O4. The summed E-state index contributed by atoms with van der Waals surface area (Å²) in [4.78, 5) is 12.4. The van der Waals surface area contributed by atoms with Crippen LogP contribution in [-0.2, 0) is 9.53 Å². The highest BCUT2D eigenvalue weighted by molar-refractivity contribution is 5.83. The van der Waals surface area contributed by atoms with E-state index in [-0.39, 0.29) is 46.9 Å². The Labute approximate surface area is 150 Å². The zero-order valence-corrected chi connectivity index (χ0v) is 15.5. The summed E-state index contributed by atoms with van der Waals surface area (Å²) in [5, 5.41) is 20.4. The molecule has 1 spiro atoms. The van der Waals surface area contributed by atoms with Gasteiger partial charge in [0.1, 0.15) is 12.2 Å². The van der Waals surface area contributed by atoms with Crippen molar-refractivity contribution in [1.29, 1.82) is 0 Å². The predicted octanol–water partition coefficient (Wildman–Crippen LogP) is 2.70. The molecule has 9 atom stereocenters. The second-order valence-electron chi connectivity index (χ2n) is 10.1. The van der Waals surface area contributed by atoms with Crippen molar-refractivity contribution in [3.05, 3.63) is 0 Å². The van der Waals surface area contributed by atoms with Crippen molar-refractivity contribution in [1.82, 2.24) is 0 Å². The molecule has 0 amide bonds. The second kappa shape index (κ2) is 5.08. The van der Waals surface area contributed by atoms with E-state index in [9.17, 15) is 15.0 Å². The van der Waals surface area contributed by atoms with E-state index in [1.807, 2.05) is 0 Å². The molecule has 5 aliphatic rings. The Balaban J connectivity index is 1.53. The molecule has 4 nitrogen and oxygen atoms in total. The molecule has 1 saturated heterocycles. The van der Waals surface area contributed by atoms with E-state index in [4.69, 9.17) is 4.74 Å². The average molecular weight is 348 g/mol. The Bertz CT molecular complexity index is 605. The Morgan fingerprint density at radius 2 is 1.84 bits per heavy atom. The monoisotopic (exact) mass is 348 g/mol. The Hall–Kier alpha value is -0.450. The van der Waals surface area contributed by atoms with Gasteiger partial charge in [-0.25, -0.2) is 0 Å². The summed E-state index contributed by atoms with van der Waals surface area (Å²) in [7, 11) is 0. The predicted molar refractivity (Wildman–Crippen MR) is 92.8 cm³/mol. The second-order valence-corrected chi connectivity index (χ2v) is 10.1. The first-order chi connectivity index (χ1) is 11.9. The molecule has 1 aliphatic heterocycles. The summed E-state index contributed by atoms with van der Waals surface area (Å²) >= 11 is 0. The number of epoxide rings is 1. The number of fused-ring (bicyclic) bond motifs is 3. The molecule has 4 saturated carbocycles. The van der Waals surface area contributed by atoms with Crippen LogP contribution < -0.4 is 0 Å². The number of ether oxygens (including phenoxy) is 1. The molecular weight excluding hydrogens is 316 g/mol. The fraction of sp³-hybridized carbons (Fsp3) is 0.952. The molecule has 4 aliphatic carbocycles. The maximum absolute atomic E-state index is 12.4. The van der Waals surface area contributed by atoms with Gasteiger partial charge in [0.2, 0.25) is 0 Å². The van der Waals surface area contributed by atoms with Gasteiger partial charge >= 0.3 is 0 Å². The highest BCUT2D eigenvalue weighted by atomic mass is 16.6. The first kappa shape index (κ1) is 16.7. The molecule has 140 valence electrons. The van der Waals surface area contributed by atoms with Crippen LogP contribution in [0, 0.1) is 34.5 Å². The topological polar surface area (TPSA) is 70.1 Å². The maximum Gasteiger partial charge on any atom is 0.161 e. The first-order valence-corrected chi connectivity index (χ1v) is 10.4. The van der Waals surface area contributed by atoms with Crippen molar-refractivity contribution in [2.75, 3.05) is 6.61 Å². The van der Waals surface area contributed by atoms with Crippen LogP contribution in [0.4, 0.5) is 0 Å². The number of rotatable bonds is 2. The number of carbonyl (C=O) groups excluding carboxylic acids is 1. The molecule has 4 heteroatoms. The van der Waals surface area contributed by atoms with Crippen LogP contribution in [0.3, 0.4) is 0 Å². The van der Waals surface area contributed by atoms with Crippen molar-refractivity contribution in [2.45, 2.75) is 83.0 Å². The van der Waals surface area contributed by atoms with Crippen molar-refractivity contribution < 1.29 is 19.7 Å². The minimum Gasteiger partial charge on any atom is -0.392 e. The van der Waals surface area contributed by atoms with Gasteiger partial charge in [0.15, 0.2) is 5.78 Å². The molecule has 1 heterocycles. The van der Waals surface area contributed by atoms with E-state index in [2.05, 4.69) is 13.8 Å². The first-order valence-electron chi connectivity index (χ1n) is 10.4. The van der Waals surface area contributed by atoms with Gasteiger partial charge < -0.3 is 14.9 Å². The van der Waals surface area contributed by atoms with Crippen LogP contribution >= 0.6 is 0 Å². The molecule has 5 rings (SSSR count). The van der Waals surface area contributed by atoms with Gasteiger partial charge in [-0.15, -0.1) is 0 Å². The lowest BCUT2D eigenvalue weighted by molar-refractivity contribution is -0.160. The minimum atomic E-state index is -0.327. The lowest BCUT2D eigenvalue weighted by atomic mass is 9.43. The van der Waals surface area contributed by atoms with Crippen molar-refractivity contribution >= 4 is 5.78 Å². The van der Waals surface area contributed by atoms with E-state index < -0.39 is 0 Å². The maximum atomic E-state index is 12.4. The molecule has 2 N–H and O–H groups in total. The number of carbonyl (C=O) groups is 1. The van der Waals surface area contributed by atoms with Gasteiger partial charge in [-0.05, 0) is 68.1 Å². The quantitative estimate of drug-likeness (QED) is 0.753. The minimum absolute atomic E-state index is 0.00786. The Morgan fingerprint density at radius 1 is 1.08 bits per heavy atom. The molecule has 5 fully saturated rings. The molecule has 25 heavy (non-hydrogen) atoms. The number of aliphatic hydroxyl groups is 2. The summed E-state index contributed by atoms with van der Waals surface area (Å²) in [5.41, 5.74) is -0.283. The van der Waals surface area contributed by atoms with Crippen LogP contribution in [0.1, 0.15) is 65.2 Å². The largest absolute Gasteiger partial charge is 0.392 e. The number of ketones is 1. The molecule has 0 bridgehead atoms. The van der Waals surface area contributed by atoms with Crippen LogP contribution in [0.5, 0.6) is 0 Å². The van der Waals surface area contributed by atoms with E-state index >= 15 is 0 Å². The molecule has 0 aromatic rings. The van der Waals surface area contributed by atoms with Gasteiger partial charge in [0, 0.05) is 11.3 Å². The van der Waals surface area contributed by atoms with Gasteiger partial charge in [-0.3, -0.25) is 4.79 Å². The summed E-state index contributed by atoms with van der Waals surface area (Å²) in [6, 6.07) is 0. The zero-order chi connectivity index (χ0) is 17.6. The third-order valence-corrected chi connectivity index (χ3v) is 9.61. The highest BCUT2D eigenvalue weighted by Crippen LogP contribution is 2.76. The molecule has 0 radical (unpaired) electrons. The number of Topliss-reactive ketones (excluding diaryl/α,β-unsaturated/α-hetero) is 1. The lowest BCUT2D eigenvalue weighted by Gasteiger charge is -2.59. The normalized spacial score (nSPS) is 59.4. The Kier molecular flexibility index (Phi) is 3.39. The summed E-state index contributed by atoms with van der Waals surface area (Å²) in [5.74, 6) is 1.57. The standard InChI is InChI=1S/C21H32O4/c1-19-10-18-21(25-18)14(13(19)8-9-15(19)16(23)11-22)7-6-12-4-3-5-17(24)20(12,21)2/h12-15,17-18,22,24H,3-11H2,1-2H3/t12?,13-,14-,15+,17?,18?,19-,20+,21-/m0/s1. The molecule has 0 aromatic heterocycles. The average Bonchev–Trinajstić information content (AvgIpc) is 3.20. The van der Waals surface area contributed by atoms with E-state index in [1.54, 1.807) is 0 Å². The van der Waals surface area contributed by atoms with Crippen LogP contribution in [0.15, 0.2) is 0 Å². The van der Waals surface area contributed by atoms with Crippen molar-refractivity contribution in [3.8, 4) is 0 Å². The molecule has 0 aromatic carbocycles. The molecule has 3 unspecified atom stereocenters.